The summed E-state index contributed by atoms with van der Waals surface area (Å²) >= 11 is 12.3. The molecule has 0 radical (unpaired) electrons. The van der Waals surface area contributed by atoms with Crippen LogP contribution < -0.4 is 16.4 Å². The first-order valence-electron chi connectivity index (χ1n) is 15.6. The van der Waals surface area contributed by atoms with Crippen molar-refractivity contribution in [1.29, 1.82) is 0 Å². The highest BCUT2D eigenvalue weighted by Gasteiger charge is 2.55. The normalized spacial score (nSPS) is 13.3. The number of benzene rings is 4. The molecule has 1 unspecified atom stereocenters. The van der Waals surface area contributed by atoms with Crippen LogP contribution in [0, 0.1) is 6.92 Å². The van der Waals surface area contributed by atoms with Gasteiger partial charge < -0.3 is 26.4 Å². The molecule has 5 N–H and O–H groups in total. The molecular weight excluding hydrogens is 708 g/mol. The van der Waals surface area contributed by atoms with Crippen LogP contribution in [0.15, 0.2) is 91.1 Å². The number of hydrogen-bond donors (Lipinski definition) is 4. The number of carbonyl (C=O) groups excluding carboxylic acids is 3. The first-order chi connectivity index (χ1) is 24.1. The van der Waals surface area contributed by atoms with Crippen LogP contribution in [0.4, 0.5) is 18.9 Å². The average molecular weight is 742 g/mol. The minimum absolute atomic E-state index is 0.0310. The molecule has 5 rings (SSSR count). The van der Waals surface area contributed by atoms with Crippen LogP contribution in [0.1, 0.15) is 44.8 Å². The number of alkyl halides is 3. The van der Waals surface area contributed by atoms with Gasteiger partial charge >= 0.3 is 6.18 Å². The van der Waals surface area contributed by atoms with Gasteiger partial charge in [0.05, 0.1) is 46.1 Å². The van der Waals surface area contributed by atoms with Gasteiger partial charge in [-0.25, -0.2) is 4.68 Å². The number of nitrogens with zero attached hydrogens (tertiary/aromatic N) is 3. The van der Waals surface area contributed by atoms with Crippen molar-refractivity contribution in [2.24, 2.45) is 5.73 Å². The molecule has 266 valence electrons. The maximum atomic E-state index is 14.5. The first-order valence-corrected chi connectivity index (χ1v) is 16.4. The standard InChI is InChI=1S/C36H33Cl2F3N6O4/c1-3-46(34(50)30-26(37)10-7-11-27(30)38)20-35(51,36(39,40)41)19-43-28-16-21(2)17-29-25(28)18-44-47(29)24-14-12-23(13-15-24)33(49)45-31(32(42)48)22-8-5-4-6-9-22/h4-18,31,43,51H,3,19-20H2,1-2H3,(H2,42,48)(H,45,49)/t31-,35?/m0/s1. The second-order valence-corrected chi connectivity index (χ2v) is 12.7. The average Bonchev–Trinajstić information content (AvgIpc) is 3.52. The molecule has 51 heavy (non-hydrogen) atoms. The zero-order chi connectivity index (χ0) is 37.1. The minimum Gasteiger partial charge on any atom is -0.381 e. The molecule has 3 amide bonds. The Morgan fingerprint density at radius 2 is 1.63 bits per heavy atom. The van der Waals surface area contributed by atoms with Crippen LogP contribution in [0.3, 0.4) is 0 Å². The number of nitrogens with two attached hydrogens (primary N) is 1. The van der Waals surface area contributed by atoms with Crippen molar-refractivity contribution < 1.29 is 32.7 Å². The molecule has 15 heteroatoms. The van der Waals surface area contributed by atoms with E-state index in [2.05, 4.69) is 15.7 Å². The summed E-state index contributed by atoms with van der Waals surface area (Å²) in [4.78, 5) is 39.2. The van der Waals surface area contributed by atoms with Gasteiger partial charge in [0.25, 0.3) is 11.8 Å². The molecule has 0 aliphatic carbocycles. The molecule has 0 aliphatic rings. The highest BCUT2D eigenvalue weighted by atomic mass is 35.5. The molecular formula is C36H33Cl2F3N6O4. The van der Waals surface area contributed by atoms with Crippen molar-refractivity contribution in [2.75, 3.05) is 25.0 Å². The second kappa shape index (κ2) is 15.0. The fourth-order valence-electron chi connectivity index (χ4n) is 5.54. The number of carbonyl (C=O) groups is 3. The van der Waals surface area contributed by atoms with Gasteiger partial charge in [0.1, 0.15) is 6.04 Å². The van der Waals surface area contributed by atoms with E-state index in [4.69, 9.17) is 28.9 Å². The SMILES string of the molecule is CCN(CC(O)(CNc1cc(C)cc2c1cnn2-c1ccc(C(=O)N[C@H](C(N)=O)c2ccccc2)cc1)C(F)(F)F)C(=O)c1c(Cl)cccc1Cl. The Morgan fingerprint density at radius 3 is 2.22 bits per heavy atom. The van der Waals surface area contributed by atoms with Crippen LogP contribution in [0.2, 0.25) is 10.0 Å². The number of fused-ring (bicyclic) bond motifs is 1. The lowest BCUT2D eigenvalue weighted by Gasteiger charge is -2.36. The lowest BCUT2D eigenvalue weighted by molar-refractivity contribution is -0.257. The molecule has 0 aliphatic heterocycles. The smallest absolute Gasteiger partial charge is 0.381 e. The number of rotatable bonds is 12. The van der Waals surface area contributed by atoms with E-state index in [-0.39, 0.29) is 33.4 Å². The molecule has 0 bridgehead atoms. The molecule has 4 aromatic carbocycles. The summed E-state index contributed by atoms with van der Waals surface area (Å²) in [6.45, 7) is 0.962. The maximum absolute atomic E-state index is 14.5. The third-order valence-electron chi connectivity index (χ3n) is 8.30. The summed E-state index contributed by atoms with van der Waals surface area (Å²) in [7, 11) is 0. The van der Waals surface area contributed by atoms with Crippen LogP contribution in [-0.4, -0.2) is 68.9 Å². The van der Waals surface area contributed by atoms with Gasteiger partial charge in [0.15, 0.2) is 5.60 Å². The third-order valence-corrected chi connectivity index (χ3v) is 8.93. The van der Waals surface area contributed by atoms with Crippen LogP contribution >= 0.6 is 23.2 Å². The molecule has 0 saturated carbocycles. The lowest BCUT2D eigenvalue weighted by Crippen LogP contribution is -2.58. The molecule has 10 nitrogen and oxygen atoms in total. The topological polar surface area (TPSA) is 143 Å². The Balaban J connectivity index is 1.37. The second-order valence-electron chi connectivity index (χ2n) is 11.9. The number of aliphatic hydroxyl groups is 1. The molecule has 0 fully saturated rings. The van der Waals surface area contributed by atoms with E-state index < -0.39 is 48.6 Å². The predicted octanol–water partition coefficient (Wildman–Crippen LogP) is 6.46. The quantitative estimate of drug-likeness (QED) is 0.116. The van der Waals surface area contributed by atoms with Gasteiger partial charge in [-0.15, -0.1) is 0 Å². The summed E-state index contributed by atoms with van der Waals surface area (Å²) in [5.41, 5.74) is 4.78. The fraction of sp³-hybridized carbons (Fsp3) is 0.222. The Morgan fingerprint density at radius 1 is 0.980 bits per heavy atom. The zero-order valence-corrected chi connectivity index (χ0v) is 28.9. The van der Waals surface area contributed by atoms with Crippen LogP contribution in [0.25, 0.3) is 16.6 Å². The Labute approximate surface area is 300 Å². The number of aryl methyl sites for hydroxylation is 1. The van der Waals surface area contributed by atoms with Crippen molar-refractivity contribution in [1.82, 2.24) is 20.0 Å². The fourth-order valence-corrected chi connectivity index (χ4v) is 6.10. The molecule has 5 aromatic rings. The number of nitrogens with one attached hydrogen (secondary N) is 2. The zero-order valence-electron chi connectivity index (χ0n) is 27.3. The molecule has 1 heterocycles. The van der Waals surface area contributed by atoms with Gasteiger partial charge in [-0.05, 0) is 73.5 Å². The van der Waals surface area contributed by atoms with Crippen molar-refractivity contribution in [3.8, 4) is 5.69 Å². The summed E-state index contributed by atoms with van der Waals surface area (Å²) in [5, 5.41) is 21.3. The first kappa shape index (κ1) is 37.2. The number of primary amides is 1. The van der Waals surface area contributed by atoms with Gasteiger partial charge in [0, 0.05) is 23.2 Å². The van der Waals surface area contributed by atoms with Crippen molar-refractivity contribution in [3.63, 3.8) is 0 Å². The molecule has 1 aromatic heterocycles. The number of amides is 3. The molecule has 0 saturated heterocycles. The summed E-state index contributed by atoms with van der Waals surface area (Å²) in [5.74, 6) is -2.11. The molecule has 0 spiro atoms. The van der Waals surface area contributed by atoms with Gasteiger partial charge in [0.2, 0.25) is 5.91 Å². The number of anilines is 1. The monoisotopic (exact) mass is 740 g/mol. The minimum atomic E-state index is -5.14. The Kier molecular flexibility index (Phi) is 10.9. The van der Waals surface area contributed by atoms with Crippen molar-refractivity contribution >= 4 is 57.5 Å². The largest absolute Gasteiger partial charge is 0.420 e. The maximum Gasteiger partial charge on any atom is 0.420 e. The highest BCUT2D eigenvalue weighted by molar-refractivity contribution is 6.39. The van der Waals surface area contributed by atoms with Gasteiger partial charge in [-0.3, -0.25) is 14.4 Å². The van der Waals surface area contributed by atoms with Gasteiger partial charge in [-0.1, -0.05) is 59.6 Å². The van der Waals surface area contributed by atoms with E-state index in [0.29, 0.717) is 27.7 Å². The Hall–Kier alpha value is -5.11. The van der Waals surface area contributed by atoms with Crippen molar-refractivity contribution in [3.05, 3.63) is 123 Å². The third kappa shape index (κ3) is 7.95. The Bertz CT molecular complexity index is 2060. The highest BCUT2D eigenvalue weighted by Crippen LogP contribution is 2.35. The summed E-state index contributed by atoms with van der Waals surface area (Å²) in [6, 6.07) is 21.6. The van der Waals surface area contributed by atoms with E-state index in [0.717, 1.165) is 4.90 Å². The van der Waals surface area contributed by atoms with Crippen molar-refractivity contribution in [2.45, 2.75) is 31.7 Å². The van der Waals surface area contributed by atoms with Crippen LogP contribution in [-0.2, 0) is 4.79 Å². The summed E-state index contributed by atoms with van der Waals surface area (Å²) in [6.07, 6.45) is -3.68. The summed E-state index contributed by atoms with van der Waals surface area (Å²) < 4.78 is 45.0. The number of aromatic nitrogens is 2. The van der Waals surface area contributed by atoms with E-state index in [1.54, 1.807) is 66.2 Å². The number of likely N-dealkylation sites (N-methyl/N-ethyl adjacent to an activating group) is 1. The number of halogens is 5. The lowest BCUT2D eigenvalue weighted by atomic mass is 10.0. The van der Waals surface area contributed by atoms with E-state index >= 15 is 0 Å². The van der Waals surface area contributed by atoms with E-state index in [1.807, 2.05) is 0 Å². The van der Waals surface area contributed by atoms with Crippen LogP contribution in [0.5, 0.6) is 0 Å². The van der Waals surface area contributed by atoms with E-state index in [9.17, 15) is 32.7 Å². The predicted molar refractivity (Wildman–Crippen MR) is 189 cm³/mol. The van der Waals surface area contributed by atoms with Gasteiger partial charge in [-0.2, -0.15) is 18.3 Å². The number of hydrogen-bond acceptors (Lipinski definition) is 6. The molecule has 2 atom stereocenters. The van der Waals surface area contributed by atoms with E-state index in [1.165, 1.54) is 43.5 Å².